The maximum Gasteiger partial charge on any atom is 0 e. The van der Waals surface area contributed by atoms with E-state index in [-0.39, 0.29) is 23.1 Å². The van der Waals surface area contributed by atoms with Gasteiger partial charge in [0.1, 0.15) is 0 Å². The van der Waals surface area contributed by atoms with Crippen LogP contribution in [0.15, 0.2) is 30.3 Å². The number of hydrogen-bond donors (Lipinski definition) is 0. The molecule has 0 atom stereocenters. The monoisotopic (exact) mass is 270 g/mol. The molecule has 0 spiro atoms. The van der Waals surface area contributed by atoms with Gasteiger partial charge in [0.25, 0.3) is 0 Å². The minimum Gasteiger partial charge on any atom is -0.0654 e. The molecular formula is C18H30Mg. The third-order valence-corrected chi connectivity index (χ3v) is 3.66. The zero-order valence-electron chi connectivity index (χ0n) is 12.9. The number of hydrogen-bond acceptors (Lipinski definition) is 0. The van der Waals surface area contributed by atoms with Crippen LogP contribution in [0.4, 0.5) is 0 Å². The van der Waals surface area contributed by atoms with Crippen LogP contribution in [0.5, 0.6) is 0 Å². The van der Waals surface area contributed by atoms with Crippen molar-refractivity contribution in [3.05, 3.63) is 35.9 Å². The predicted octanol–water partition coefficient (Wildman–Crippen LogP) is 5.77. The number of rotatable bonds is 11. The molecule has 0 unspecified atom stereocenters. The van der Waals surface area contributed by atoms with Crippen LogP contribution in [0.1, 0.15) is 76.7 Å². The Kier molecular flexibility index (Phi) is 14.4. The molecule has 1 rings (SSSR count). The van der Waals surface area contributed by atoms with Crippen molar-refractivity contribution >= 4 is 23.1 Å². The summed E-state index contributed by atoms with van der Waals surface area (Å²) in [6.07, 6.45) is 15.5. The molecule has 104 valence electrons. The lowest BCUT2D eigenvalue weighted by molar-refractivity contribution is 0.556. The molecule has 0 nitrogen and oxygen atoms in total. The largest absolute Gasteiger partial charge is 0.0654 e. The lowest BCUT2D eigenvalue weighted by Gasteiger charge is -2.03. The smallest absolute Gasteiger partial charge is 0 e. The first-order valence-electron chi connectivity index (χ1n) is 7.97. The van der Waals surface area contributed by atoms with E-state index in [1.807, 2.05) is 0 Å². The van der Waals surface area contributed by atoms with Crippen molar-refractivity contribution in [2.75, 3.05) is 0 Å². The van der Waals surface area contributed by atoms with Gasteiger partial charge in [0, 0.05) is 23.1 Å². The average molecular weight is 271 g/mol. The van der Waals surface area contributed by atoms with Gasteiger partial charge in [-0.05, 0) is 18.4 Å². The molecule has 0 heterocycles. The summed E-state index contributed by atoms with van der Waals surface area (Å²) in [5, 5.41) is 0. The quantitative estimate of drug-likeness (QED) is 0.354. The van der Waals surface area contributed by atoms with E-state index in [0.29, 0.717) is 0 Å². The van der Waals surface area contributed by atoms with Gasteiger partial charge in [-0.2, -0.15) is 0 Å². The second kappa shape index (κ2) is 14.4. The fourth-order valence-electron chi connectivity index (χ4n) is 2.46. The molecule has 1 aromatic carbocycles. The third kappa shape index (κ3) is 11.5. The van der Waals surface area contributed by atoms with Crippen molar-refractivity contribution < 1.29 is 0 Å². The summed E-state index contributed by atoms with van der Waals surface area (Å²) >= 11 is 0. The highest BCUT2D eigenvalue weighted by Crippen LogP contribution is 2.12. The minimum atomic E-state index is 0. The molecule has 0 bridgehead atoms. The molecule has 1 aromatic rings. The molecule has 0 aromatic heterocycles. The van der Waals surface area contributed by atoms with E-state index in [1.165, 1.54) is 76.2 Å². The maximum atomic E-state index is 2.28. The Labute approximate surface area is 136 Å². The van der Waals surface area contributed by atoms with Crippen LogP contribution in [0.3, 0.4) is 0 Å². The summed E-state index contributed by atoms with van der Waals surface area (Å²) in [7, 11) is 0. The van der Waals surface area contributed by atoms with Crippen molar-refractivity contribution in [1.82, 2.24) is 0 Å². The second-order valence-corrected chi connectivity index (χ2v) is 5.42. The van der Waals surface area contributed by atoms with Gasteiger partial charge in [-0.25, -0.2) is 0 Å². The number of aryl methyl sites for hydroxylation is 1. The zero-order chi connectivity index (χ0) is 12.9. The lowest BCUT2D eigenvalue weighted by atomic mass is 10.0. The first-order valence-corrected chi connectivity index (χ1v) is 7.97. The molecule has 0 aliphatic heterocycles. The molecule has 0 aliphatic carbocycles. The summed E-state index contributed by atoms with van der Waals surface area (Å²) in [6, 6.07) is 10.9. The molecular weight excluding hydrogens is 241 g/mol. The van der Waals surface area contributed by atoms with Gasteiger partial charge in [0.15, 0.2) is 0 Å². The van der Waals surface area contributed by atoms with Crippen molar-refractivity contribution in [2.24, 2.45) is 0 Å². The third-order valence-electron chi connectivity index (χ3n) is 3.66. The molecule has 19 heavy (non-hydrogen) atoms. The van der Waals surface area contributed by atoms with E-state index in [1.54, 1.807) is 0 Å². The Balaban J connectivity index is 0.00000324. The van der Waals surface area contributed by atoms with Gasteiger partial charge in [-0.1, -0.05) is 95.0 Å². The average Bonchev–Trinajstić information content (AvgIpc) is 2.42. The van der Waals surface area contributed by atoms with Gasteiger partial charge in [0.2, 0.25) is 0 Å². The van der Waals surface area contributed by atoms with Crippen LogP contribution < -0.4 is 0 Å². The maximum absolute atomic E-state index is 2.28. The van der Waals surface area contributed by atoms with Crippen LogP contribution in [-0.2, 0) is 6.42 Å². The normalized spacial score (nSPS) is 10.2. The highest BCUT2D eigenvalue weighted by molar-refractivity contribution is 5.75. The van der Waals surface area contributed by atoms with Crippen molar-refractivity contribution in [2.45, 2.75) is 77.6 Å². The molecule has 0 N–H and O–H groups in total. The van der Waals surface area contributed by atoms with E-state index < -0.39 is 0 Å². The highest BCUT2D eigenvalue weighted by atomic mass is 24.3. The molecule has 0 fully saturated rings. The van der Waals surface area contributed by atoms with Crippen LogP contribution in [0.25, 0.3) is 0 Å². The van der Waals surface area contributed by atoms with Gasteiger partial charge >= 0.3 is 0 Å². The van der Waals surface area contributed by atoms with Gasteiger partial charge in [0.05, 0.1) is 0 Å². The molecule has 0 saturated carbocycles. The van der Waals surface area contributed by atoms with Crippen LogP contribution in [-0.4, -0.2) is 23.1 Å². The van der Waals surface area contributed by atoms with Crippen molar-refractivity contribution in [3.63, 3.8) is 0 Å². The highest BCUT2D eigenvalue weighted by Gasteiger charge is 1.94. The Morgan fingerprint density at radius 2 is 1.11 bits per heavy atom. The fraction of sp³-hybridized carbons (Fsp3) is 0.667. The summed E-state index contributed by atoms with van der Waals surface area (Å²) in [4.78, 5) is 0. The van der Waals surface area contributed by atoms with Gasteiger partial charge < -0.3 is 0 Å². The Bertz CT molecular complexity index is 268. The summed E-state index contributed by atoms with van der Waals surface area (Å²) in [6.45, 7) is 2.28. The number of unbranched alkanes of at least 4 members (excludes halogenated alkanes) is 9. The van der Waals surface area contributed by atoms with Crippen LogP contribution in [0.2, 0.25) is 0 Å². The minimum absolute atomic E-state index is 0. The van der Waals surface area contributed by atoms with E-state index in [4.69, 9.17) is 0 Å². The first kappa shape index (κ1) is 19.0. The molecule has 1 heteroatoms. The predicted molar refractivity (Wildman–Crippen MR) is 87.7 cm³/mol. The first-order chi connectivity index (χ1) is 8.93. The summed E-state index contributed by atoms with van der Waals surface area (Å²) < 4.78 is 0. The van der Waals surface area contributed by atoms with E-state index >= 15 is 0 Å². The van der Waals surface area contributed by atoms with Crippen molar-refractivity contribution in [3.8, 4) is 0 Å². The van der Waals surface area contributed by atoms with Gasteiger partial charge in [-0.3, -0.25) is 0 Å². The Morgan fingerprint density at radius 3 is 1.63 bits per heavy atom. The van der Waals surface area contributed by atoms with E-state index in [0.717, 1.165) is 0 Å². The summed E-state index contributed by atoms with van der Waals surface area (Å²) in [5.41, 5.74) is 1.50. The molecule has 0 aliphatic rings. The zero-order valence-corrected chi connectivity index (χ0v) is 14.3. The number of benzene rings is 1. The summed E-state index contributed by atoms with van der Waals surface area (Å²) in [5.74, 6) is 0. The molecule has 0 amide bonds. The van der Waals surface area contributed by atoms with E-state index in [9.17, 15) is 0 Å². The van der Waals surface area contributed by atoms with Crippen LogP contribution >= 0.6 is 0 Å². The lowest BCUT2D eigenvalue weighted by Crippen LogP contribution is -1.86. The SMILES string of the molecule is CCCCCCCCCCCCc1ccccc1.[Mg]. The fourth-order valence-corrected chi connectivity index (χ4v) is 2.46. The Hall–Kier alpha value is -0.0138. The molecule has 2 radical (unpaired) electrons. The topological polar surface area (TPSA) is 0 Å². The Morgan fingerprint density at radius 1 is 0.632 bits per heavy atom. The standard InChI is InChI=1S/C18H30.Mg/c1-2-3-4-5-6-7-8-9-10-12-15-18-16-13-11-14-17-18;/h11,13-14,16-17H,2-10,12,15H2,1H3;. The molecule has 0 saturated heterocycles. The van der Waals surface area contributed by atoms with E-state index in [2.05, 4.69) is 37.3 Å². The van der Waals surface area contributed by atoms with Crippen LogP contribution in [0, 0.1) is 0 Å². The van der Waals surface area contributed by atoms with Gasteiger partial charge in [-0.15, -0.1) is 0 Å². The van der Waals surface area contributed by atoms with Crippen molar-refractivity contribution in [1.29, 1.82) is 0 Å². The second-order valence-electron chi connectivity index (χ2n) is 5.42.